The Labute approximate surface area is 145 Å². The molecular formula is C15H31N5O3S. The van der Waals surface area contributed by atoms with Crippen LogP contribution in [0.5, 0.6) is 0 Å². The molecule has 0 spiro atoms. The van der Waals surface area contributed by atoms with Gasteiger partial charge in [-0.2, -0.15) is 0 Å². The van der Waals surface area contributed by atoms with E-state index in [-0.39, 0.29) is 23.6 Å². The first-order valence-corrected chi connectivity index (χ1v) is 10.1. The van der Waals surface area contributed by atoms with Crippen molar-refractivity contribution >= 4 is 21.9 Å². The van der Waals surface area contributed by atoms with Crippen molar-refractivity contribution in [1.29, 1.82) is 0 Å². The molecule has 8 nitrogen and oxygen atoms in total. The van der Waals surface area contributed by atoms with Crippen molar-refractivity contribution in [3.63, 3.8) is 0 Å². The topological polar surface area (TPSA) is 103 Å². The van der Waals surface area contributed by atoms with Gasteiger partial charge in [-0.25, -0.2) is 12.7 Å². The molecule has 3 N–H and O–H groups in total. The van der Waals surface area contributed by atoms with E-state index in [9.17, 15) is 13.2 Å². The summed E-state index contributed by atoms with van der Waals surface area (Å²) in [6.45, 7) is 7.57. The smallest absolute Gasteiger partial charge is 0.222 e. The van der Waals surface area contributed by atoms with E-state index in [0.717, 1.165) is 12.8 Å². The first-order chi connectivity index (χ1) is 11.3. The molecule has 0 aromatic heterocycles. The van der Waals surface area contributed by atoms with E-state index < -0.39 is 10.0 Å². The highest BCUT2D eigenvalue weighted by Gasteiger charge is 2.26. The summed E-state index contributed by atoms with van der Waals surface area (Å²) in [6.07, 6.45) is 1.51. The first kappa shape index (κ1) is 20.7. The van der Waals surface area contributed by atoms with Gasteiger partial charge in [0.1, 0.15) is 0 Å². The standard InChI is InChI=1S/C15H31N5O3S/c1-5-24(22,23)20-10-6-13(7-11-20)19-15(16-4)18-9-8-17-14(21)12(2)3/h12-13H,5-11H2,1-4H3,(H,17,21)(H2,16,18,19). The third-order valence-corrected chi connectivity index (χ3v) is 5.90. The number of hydrogen-bond acceptors (Lipinski definition) is 4. The molecule has 0 aromatic rings. The van der Waals surface area contributed by atoms with Gasteiger partial charge in [0.2, 0.25) is 15.9 Å². The highest BCUT2D eigenvalue weighted by Crippen LogP contribution is 2.14. The fourth-order valence-corrected chi connectivity index (χ4v) is 3.55. The molecule has 0 radical (unpaired) electrons. The Morgan fingerprint density at radius 2 is 1.79 bits per heavy atom. The predicted octanol–water partition coefficient (Wildman–Crippen LogP) is -0.262. The van der Waals surface area contributed by atoms with Crippen LogP contribution in [0.15, 0.2) is 4.99 Å². The van der Waals surface area contributed by atoms with Crippen molar-refractivity contribution < 1.29 is 13.2 Å². The first-order valence-electron chi connectivity index (χ1n) is 8.52. The monoisotopic (exact) mass is 361 g/mol. The van der Waals surface area contributed by atoms with Gasteiger partial charge in [-0.3, -0.25) is 9.79 Å². The van der Waals surface area contributed by atoms with Crippen LogP contribution in [0.3, 0.4) is 0 Å². The summed E-state index contributed by atoms with van der Waals surface area (Å²) < 4.78 is 25.3. The van der Waals surface area contributed by atoms with Crippen molar-refractivity contribution in [3.8, 4) is 0 Å². The minimum Gasteiger partial charge on any atom is -0.355 e. The molecule has 1 heterocycles. The highest BCUT2D eigenvalue weighted by atomic mass is 32.2. The molecule has 1 aliphatic rings. The van der Waals surface area contributed by atoms with Gasteiger partial charge in [0.15, 0.2) is 5.96 Å². The lowest BCUT2D eigenvalue weighted by molar-refractivity contribution is -0.123. The van der Waals surface area contributed by atoms with Crippen LogP contribution in [0.4, 0.5) is 0 Å². The number of rotatable bonds is 7. The minimum atomic E-state index is -3.09. The average molecular weight is 362 g/mol. The molecule has 1 amide bonds. The molecule has 0 aromatic carbocycles. The minimum absolute atomic E-state index is 0.0213. The Morgan fingerprint density at radius 3 is 2.29 bits per heavy atom. The van der Waals surface area contributed by atoms with E-state index in [1.54, 1.807) is 18.3 Å². The van der Waals surface area contributed by atoms with Gasteiger partial charge in [0.25, 0.3) is 0 Å². The zero-order valence-electron chi connectivity index (χ0n) is 15.1. The Balaban J connectivity index is 2.31. The number of guanidine groups is 1. The summed E-state index contributed by atoms with van der Waals surface area (Å²) in [5.74, 6) is 0.832. The van der Waals surface area contributed by atoms with Crippen LogP contribution >= 0.6 is 0 Å². The van der Waals surface area contributed by atoms with Gasteiger partial charge in [-0.05, 0) is 19.8 Å². The van der Waals surface area contributed by atoms with Crippen molar-refractivity contribution in [2.45, 2.75) is 39.7 Å². The molecule has 0 atom stereocenters. The van der Waals surface area contributed by atoms with Crippen LogP contribution in [0, 0.1) is 5.92 Å². The molecular weight excluding hydrogens is 330 g/mol. The Bertz CT molecular complexity index is 525. The second kappa shape index (κ2) is 9.83. The Morgan fingerprint density at radius 1 is 1.21 bits per heavy atom. The average Bonchev–Trinajstić information content (AvgIpc) is 2.57. The van der Waals surface area contributed by atoms with Gasteiger partial charge >= 0.3 is 0 Å². The van der Waals surface area contributed by atoms with Gasteiger partial charge in [0, 0.05) is 45.2 Å². The van der Waals surface area contributed by atoms with Crippen LogP contribution in [0.25, 0.3) is 0 Å². The van der Waals surface area contributed by atoms with Crippen LogP contribution in [-0.4, -0.2) is 69.6 Å². The maximum absolute atomic E-state index is 11.9. The molecule has 24 heavy (non-hydrogen) atoms. The van der Waals surface area contributed by atoms with Crippen LogP contribution < -0.4 is 16.0 Å². The number of carbonyl (C=O) groups excluding carboxylic acids is 1. The van der Waals surface area contributed by atoms with Gasteiger partial charge in [0.05, 0.1) is 5.75 Å². The van der Waals surface area contributed by atoms with Crippen molar-refractivity contribution in [2.24, 2.45) is 10.9 Å². The van der Waals surface area contributed by atoms with Gasteiger partial charge in [-0.1, -0.05) is 13.8 Å². The number of piperidine rings is 1. The molecule has 0 bridgehead atoms. The lowest BCUT2D eigenvalue weighted by Crippen LogP contribution is -2.50. The maximum Gasteiger partial charge on any atom is 0.222 e. The molecule has 1 saturated heterocycles. The molecule has 0 aliphatic carbocycles. The number of amides is 1. The summed E-state index contributed by atoms with van der Waals surface area (Å²) in [6, 6.07) is 0.199. The van der Waals surface area contributed by atoms with E-state index in [0.29, 0.717) is 32.1 Å². The predicted molar refractivity (Wildman–Crippen MR) is 96.4 cm³/mol. The summed E-state index contributed by atoms with van der Waals surface area (Å²) in [5.41, 5.74) is 0. The zero-order chi connectivity index (χ0) is 18.2. The largest absolute Gasteiger partial charge is 0.355 e. The molecule has 9 heteroatoms. The lowest BCUT2D eigenvalue weighted by Gasteiger charge is -2.32. The quantitative estimate of drug-likeness (QED) is 0.329. The number of aliphatic imine (C=N–C) groups is 1. The van der Waals surface area contributed by atoms with E-state index in [2.05, 4.69) is 20.9 Å². The summed E-state index contributed by atoms with van der Waals surface area (Å²) in [7, 11) is -1.40. The molecule has 0 saturated carbocycles. The summed E-state index contributed by atoms with van der Waals surface area (Å²) >= 11 is 0. The third kappa shape index (κ3) is 6.64. The number of sulfonamides is 1. The van der Waals surface area contributed by atoms with Crippen molar-refractivity contribution in [2.75, 3.05) is 39.0 Å². The van der Waals surface area contributed by atoms with Crippen LogP contribution in [0.2, 0.25) is 0 Å². The fourth-order valence-electron chi connectivity index (χ4n) is 2.42. The Kier molecular flexibility index (Phi) is 8.47. The normalized spacial score (nSPS) is 17.8. The molecule has 1 aliphatic heterocycles. The molecule has 0 unspecified atom stereocenters. The number of nitrogens with zero attached hydrogens (tertiary/aromatic N) is 2. The second-order valence-corrected chi connectivity index (χ2v) is 8.42. The van der Waals surface area contributed by atoms with Gasteiger partial charge < -0.3 is 16.0 Å². The van der Waals surface area contributed by atoms with Crippen LogP contribution in [-0.2, 0) is 14.8 Å². The van der Waals surface area contributed by atoms with E-state index >= 15 is 0 Å². The van der Waals surface area contributed by atoms with E-state index in [4.69, 9.17) is 0 Å². The van der Waals surface area contributed by atoms with Crippen molar-refractivity contribution in [1.82, 2.24) is 20.3 Å². The lowest BCUT2D eigenvalue weighted by atomic mass is 10.1. The van der Waals surface area contributed by atoms with Crippen molar-refractivity contribution in [3.05, 3.63) is 0 Å². The number of carbonyl (C=O) groups is 1. The van der Waals surface area contributed by atoms with Gasteiger partial charge in [-0.15, -0.1) is 0 Å². The summed E-state index contributed by atoms with van der Waals surface area (Å²) in [4.78, 5) is 15.6. The summed E-state index contributed by atoms with van der Waals surface area (Å²) in [5, 5.41) is 9.30. The maximum atomic E-state index is 11.9. The number of hydrogen-bond donors (Lipinski definition) is 3. The third-order valence-electron chi connectivity index (χ3n) is 4.02. The molecule has 1 fully saturated rings. The SMILES string of the molecule is CCS(=O)(=O)N1CCC(NC(=NC)NCCNC(=O)C(C)C)CC1. The fraction of sp³-hybridized carbons (Fsp3) is 0.867. The highest BCUT2D eigenvalue weighted by molar-refractivity contribution is 7.89. The Hall–Kier alpha value is -1.35. The molecule has 140 valence electrons. The molecule has 1 rings (SSSR count). The van der Waals surface area contributed by atoms with E-state index in [1.807, 2.05) is 13.8 Å². The zero-order valence-corrected chi connectivity index (χ0v) is 15.9. The van der Waals surface area contributed by atoms with E-state index in [1.165, 1.54) is 0 Å². The van der Waals surface area contributed by atoms with Crippen LogP contribution in [0.1, 0.15) is 33.6 Å². The number of nitrogens with one attached hydrogen (secondary N) is 3. The second-order valence-electron chi connectivity index (χ2n) is 6.16.